The summed E-state index contributed by atoms with van der Waals surface area (Å²) >= 11 is 0. The molecule has 0 aliphatic carbocycles. The molecule has 38 heavy (non-hydrogen) atoms. The Bertz CT molecular complexity index is 746. The van der Waals surface area contributed by atoms with Crippen molar-refractivity contribution in [1.82, 2.24) is 29.1 Å². The Kier molecular flexibility index (Phi) is 16.7. The quantitative estimate of drug-likeness (QED) is 0.434. The maximum Gasteiger partial charge on any atom is 0.110 e. The first kappa shape index (κ1) is 34.3. The normalized spacial score (nSPS) is 20.4. The van der Waals surface area contributed by atoms with E-state index in [4.69, 9.17) is 4.74 Å². The van der Waals surface area contributed by atoms with E-state index in [1.165, 1.54) is 44.3 Å². The Hall–Kier alpha value is -1.77. The van der Waals surface area contributed by atoms with Gasteiger partial charge in [-0.3, -0.25) is 4.68 Å². The number of nitrogens with zero attached hydrogens (tertiary/aromatic N) is 6. The van der Waals surface area contributed by atoms with Gasteiger partial charge in [0.15, 0.2) is 0 Å². The van der Waals surface area contributed by atoms with Gasteiger partial charge in [-0.15, -0.1) is 0 Å². The molecule has 3 fully saturated rings. The number of alkyl halides is 1. The SMILES string of the molecule is CC1CCN(C)CC1.CC1CCOCC1.CN1CCC(C)(F)CC1.Cc1cn(C)cn1.Cc1cnn(C)c1. The van der Waals surface area contributed by atoms with E-state index in [0.29, 0.717) is 12.8 Å². The van der Waals surface area contributed by atoms with Crippen LogP contribution in [0.25, 0.3) is 0 Å². The van der Waals surface area contributed by atoms with Crippen LogP contribution in [0.3, 0.4) is 0 Å². The highest BCUT2D eigenvalue weighted by atomic mass is 19.1. The number of hydrogen-bond acceptors (Lipinski definition) is 5. The highest BCUT2D eigenvalue weighted by Crippen LogP contribution is 2.24. The van der Waals surface area contributed by atoms with Gasteiger partial charge in [-0.25, -0.2) is 9.37 Å². The van der Waals surface area contributed by atoms with E-state index in [1.807, 2.05) is 58.1 Å². The minimum Gasteiger partial charge on any atom is -0.381 e. The van der Waals surface area contributed by atoms with Gasteiger partial charge in [-0.05, 0) is 104 Å². The van der Waals surface area contributed by atoms with Gasteiger partial charge >= 0.3 is 0 Å². The molecule has 220 valence electrons. The highest BCUT2D eigenvalue weighted by Gasteiger charge is 2.27. The van der Waals surface area contributed by atoms with Crippen molar-refractivity contribution in [2.24, 2.45) is 25.9 Å². The summed E-state index contributed by atoms with van der Waals surface area (Å²) < 4.78 is 21.9. The molecular weight excluding hydrogens is 479 g/mol. The molecule has 8 heteroatoms. The third-order valence-corrected chi connectivity index (χ3v) is 7.21. The number of aromatic nitrogens is 4. The summed E-state index contributed by atoms with van der Waals surface area (Å²) in [4.78, 5) is 8.55. The lowest BCUT2D eigenvalue weighted by molar-refractivity contribution is 0.0716. The first-order chi connectivity index (χ1) is 17.9. The molecule has 3 aliphatic rings. The first-order valence-corrected chi connectivity index (χ1v) is 14.4. The van der Waals surface area contributed by atoms with Crippen molar-refractivity contribution in [1.29, 1.82) is 0 Å². The second-order valence-corrected chi connectivity index (χ2v) is 11.9. The number of imidazole rings is 1. The van der Waals surface area contributed by atoms with Gasteiger partial charge < -0.3 is 19.1 Å². The topological polar surface area (TPSA) is 51.4 Å². The van der Waals surface area contributed by atoms with Crippen molar-refractivity contribution in [3.8, 4) is 0 Å². The average molecular weight is 537 g/mol. The lowest BCUT2D eigenvalue weighted by atomic mass is 9.96. The van der Waals surface area contributed by atoms with Crippen LogP contribution in [0.5, 0.6) is 0 Å². The van der Waals surface area contributed by atoms with Gasteiger partial charge in [0.1, 0.15) is 5.67 Å². The predicted octanol–water partition coefficient (Wildman–Crippen LogP) is 5.68. The Balaban J connectivity index is 0.000000238. The van der Waals surface area contributed by atoms with Gasteiger partial charge in [0, 0.05) is 52.8 Å². The molecule has 0 radical (unpaired) electrons. The standard InChI is InChI=1S/C7H14FN.C7H15N.C6H12O.2C5H8N2/c1-7(8)3-5-9(2)6-4-7;1-7-3-5-8(2)6-4-7;1-6-2-4-7-5-3-6;1-5-3-7(2)4-6-5;1-5-3-6-7(2)4-5/h3-6H2,1-2H3;7H,3-6H2,1-2H3;6H,2-5H2,1H3;2*3-4H,1-2H3. The van der Waals surface area contributed by atoms with Crippen molar-refractivity contribution < 1.29 is 9.13 Å². The summed E-state index contributed by atoms with van der Waals surface area (Å²) in [6, 6.07) is 0. The van der Waals surface area contributed by atoms with Gasteiger partial charge in [0.2, 0.25) is 0 Å². The Labute approximate surface area is 232 Å². The second kappa shape index (κ2) is 18.5. The third-order valence-electron chi connectivity index (χ3n) is 7.21. The molecule has 7 nitrogen and oxygen atoms in total. The molecule has 5 heterocycles. The molecule has 0 saturated carbocycles. The molecular formula is C30H57FN6O. The van der Waals surface area contributed by atoms with Crippen molar-refractivity contribution >= 4 is 0 Å². The van der Waals surface area contributed by atoms with Crippen LogP contribution in [0.4, 0.5) is 4.39 Å². The van der Waals surface area contributed by atoms with Crippen molar-refractivity contribution in [2.75, 3.05) is 53.5 Å². The molecule has 0 unspecified atom stereocenters. The summed E-state index contributed by atoms with van der Waals surface area (Å²) in [6.45, 7) is 16.7. The summed E-state index contributed by atoms with van der Waals surface area (Å²) in [7, 11) is 8.11. The molecule has 2 aromatic rings. The Morgan fingerprint density at radius 2 is 1.37 bits per heavy atom. The minimum atomic E-state index is -0.882. The number of ether oxygens (including phenoxy) is 1. The fourth-order valence-electron chi connectivity index (χ4n) is 4.12. The molecule has 3 aliphatic heterocycles. The van der Waals surface area contributed by atoms with E-state index in [0.717, 1.165) is 43.8 Å². The molecule has 2 aromatic heterocycles. The van der Waals surface area contributed by atoms with Crippen LogP contribution in [0.2, 0.25) is 0 Å². The van der Waals surface area contributed by atoms with E-state index in [2.05, 4.69) is 40.8 Å². The smallest absolute Gasteiger partial charge is 0.110 e. The maximum atomic E-state index is 13.0. The van der Waals surface area contributed by atoms with Crippen LogP contribution < -0.4 is 0 Å². The third kappa shape index (κ3) is 17.7. The van der Waals surface area contributed by atoms with Gasteiger partial charge in [0.25, 0.3) is 0 Å². The van der Waals surface area contributed by atoms with E-state index in [9.17, 15) is 4.39 Å². The number of piperidine rings is 2. The number of likely N-dealkylation sites (tertiary alicyclic amines) is 2. The molecule has 5 rings (SSSR count). The molecule has 3 saturated heterocycles. The van der Waals surface area contributed by atoms with Crippen LogP contribution in [0.1, 0.15) is 70.6 Å². The first-order valence-electron chi connectivity index (χ1n) is 14.4. The zero-order valence-corrected chi connectivity index (χ0v) is 25.9. The van der Waals surface area contributed by atoms with Gasteiger partial charge in [-0.2, -0.15) is 5.10 Å². The van der Waals surface area contributed by atoms with Crippen LogP contribution in [-0.2, 0) is 18.8 Å². The van der Waals surface area contributed by atoms with Crippen molar-refractivity contribution in [2.45, 2.75) is 78.8 Å². The fourth-order valence-corrected chi connectivity index (χ4v) is 4.12. The summed E-state index contributed by atoms with van der Waals surface area (Å²) in [5.74, 6) is 1.89. The fraction of sp³-hybridized carbons (Fsp3) is 0.800. The summed E-state index contributed by atoms with van der Waals surface area (Å²) in [6.07, 6.45) is 14.3. The van der Waals surface area contributed by atoms with E-state index in [-0.39, 0.29) is 0 Å². The van der Waals surface area contributed by atoms with E-state index in [1.54, 1.807) is 17.9 Å². The molecule has 0 amide bonds. The molecule has 0 N–H and O–H groups in total. The second-order valence-electron chi connectivity index (χ2n) is 11.9. The number of hydrogen-bond donors (Lipinski definition) is 0. The Morgan fingerprint density at radius 1 is 0.842 bits per heavy atom. The molecule has 0 aromatic carbocycles. The zero-order valence-electron chi connectivity index (χ0n) is 25.9. The summed E-state index contributed by atoms with van der Waals surface area (Å²) in [5, 5.41) is 3.93. The average Bonchev–Trinajstić information content (AvgIpc) is 3.45. The lowest BCUT2D eigenvalue weighted by Crippen LogP contribution is -2.37. The van der Waals surface area contributed by atoms with Gasteiger partial charge in [-0.1, -0.05) is 13.8 Å². The number of aryl methyl sites for hydroxylation is 4. The lowest BCUT2D eigenvalue weighted by Gasteiger charge is -2.31. The number of halogens is 1. The van der Waals surface area contributed by atoms with Crippen LogP contribution in [0, 0.1) is 25.7 Å². The Morgan fingerprint density at radius 3 is 1.63 bits per heavy atom. The maximum absolute atomic E-state index is 13.0. The highest BCUT2D eigenvalue weighted by molar-refractivity contribution is 4.98. The molecule has 0 spiro atoms. The van der Waals surface area contributed by atoms with Crippen molar-refractivity contribution in [3.05, 3.63) is 36.2 Å². The zero-order chi connectivity index (χ0) is 28.6. The summed E-state index contributed by atoms with van der Waals surface area (Å²) in [5.41, 5.74) is 1.40. The molecule has 0 atom stereocenters. The van der Waals surface area contributed by atoms with Crippen molar-refractivity contribution in [3.63, 3.8) is 0 Å². The van der Waals surface area contributed by atoms with Gasteiger partial charge in [0.05, 0.1) is 18.2 Å². The van der Waals surface area contributed by atoms with Crippen LogP contribution in [-0.4, -0.2) is 88.3 Å². The number of rotatable bonds is 0. The van der Waals surface area contributed by atoms with E-state index >= 15 is 0 Å². The largest absolute Gasteiger partial charge is 0.381 e. The predicted molar refractivity (Wildman–Crippen MR) is 157 cm³/mol. The minimum absolute atomic E-state index is 0.698. The monoisotopic (exact) mass is 536 g/mol. The van der Waals surface area contributed by atoms with E-state index < -0.39 is 5.67 Å². The molecule has 0 bridgehead atoms. The van der Waals surface area contributed by atoms with Crippen LogP contribution >= 0.6 is 0 Å². The van der Waals surface area contributed by atoms with Crippen LogP contribution in [0.15, 0.2) is 24.9 Å².